The van der Waals surface area contributed by atoms with Gasteiger partial charge in [-0.05, 0) is 44.2 Å². The summed E-state index contributed by atoms with van der Waals surface area (Å²) in [5.74, 6) is 0.752. The second kappa shape index (κ2) is 7.71. The molecule has 1 amide bonds. The highest BCUT2D eigenvalue weighted by Gasteiger charge is 2.10. The standard InChI is InChI=1S/C17H17N3O3S2/c1-3-23-12-6-4-11(5-7-12)18-14(21)9-24-17-19-15(22)13-8-10(2)25-16(13)20-17/h4-8H,3,9H2,1-2H3,(H,18,21)(H,19,20,22). The highest BCUT2D eigenvalue weighted by molar-refractivity contribution is 7.99. The molecule has 25 heavy (non-hydrogen) atoms. The third-order valence-corrected chi connectivity index (χ3v) is 5.11. The quantitative estimate of drug-likeness (QED) is 0.509. The fourth-order valence-corrected chi connectivity index (χ4v) is 3.83. The van der Waals surface area contributed by atoms with E-state index in [0.717, 1.165) is 10.6 Å². The number of aromatic nitrogens is 2. The van der Waals surface area contributed by atoms with E-state index >= 15 is 0 Å². The van der Waals surface area contributed by atoms with Gasteiger partial charge in [-0.2, -0.15) is 0 Å². The second-order valence-electron chi connectivity index (χ2n) is 5.24. The number of amides is 1. The molecular weight excluding hydrogens is 358 g/mol. The number of nitrogens with zero attached hydrogens (tertiary/aromatic N) is 1. The zero-order valence-corrected chi connectivity index (χ0v) is 15.4. The molecule has 0 radical (unpaired) electrons. The molecule has 6 nitrogen and oxygen atoms in total. The summed E-state index contributed by atoms with van der Waals surface area (Å²) in [7, 11) is 0. The molecule has 2 heterocycles. The predicted molar refractivity (Wildman–Crippen MR) is 102 cm³/mol. The van der Waals surface area contributed by atoms with E-state index < -0.39 is 0 Å². The Morgan fingerprint density at radius 1 is 1.36 bits per heavy atom. The van der Waals surface area contributed by atoms with Crippen LogP contribution in [0.2, 0.25) is 0 Å². The lowest BCUT2D eigenvalue weighted by molar-refractivity contribution is -0.113. The number of benzene rings is 1. The molecule has 0 spiro atoms. The van der Waals surface area contributed by atoms with Crippen LogP contribution in [0.4, 0.5) is 5.69 Å². The normalized spacial score (nSPS) is 10.8. The van der Waals surface area contributed by atoms with Crippen molar-refractivity contribution in [1.29, 1.82) is 0 Å². The van der Waals surface area contributed by atoms with E-state index in [1.807, 2.05) is 19.9 Å². The fraction of sp³-hybridized carbons (Fsp3) is 0.235. The number of aryl methyl sites for hydroxylation is 1. The van der Waals surface area contributed by atoms with Gasteiger partial charge in [-0.3, -0.25) is 9.59 Å². The number of fused-ring (bicyclic) bond motifs is 1. The van der Waals surface area contributed by atoms with Crippen molar-refractivity contribution in [1.82, 2.24) is 9.97 Å². The summed E-state index contributed by atoms with van der Waals surface area (Å²) in [6, 6.07) is 9.00. The largest absolute Gasteiger partial charge is 0.494 e. The van der Waals surface area contributed by atoms with Crippen molar-refractivity contribution in [2.45, 2.75) is 19.0 Å². The van der Waals surface area contributed by atoms with Crippen molar-refractivity contribution >= 4 is 44.9 Å². The van der Waals surface area contributed by atoms with E-state index in [2.05, 4.69) is 15.3 Å². The van der Waals surface area contributed by atoms with Crippen molar-refractivity contribution in [3.63, 3.8) is 0 Å². The summed E-state index contributed by atoms with van der Waals surface area (Å²) in [4.78, 5) is 32.9. The maximum Gasteiger partial charge on any atom is 0.260 e. The zero-order valence-electron chi connectivity index (χ0n) is 13.8. The maximum atomic E-state index is 12.1. The van der Waals surface area contributed by atoms with Crippen LogP contribution in [-0.4, -0.2) is 28.2 Å². The fourth-order valence-electron chi connectivity index (χ4n) is 2.23. The lowest BCUT2D eigenvalue weighted by Crippen LogP contribution is -2.15. The van der Waals surface area contributed by atoms with Crippen LogP contribution in [0.15, 0.2) is 40.3 Å². The van der Waals surface area contributed by atoms with E-state index in [4.69, 9.17) is 4.74 Å². The topological polar surface area (TPSA) is 84.1 Å². The molecule has 0 aliphatic heterocycles. The number of rotatable bonds is 6. The first-order valence-corrected chi connectivity index (χ1v) is 9.51. The van der Waals surface area contributed by atoms with Gasteiger partial charge in [0.1, 0.15) is 10.6 Å². The van der Waals surface area contributed by atoms with Crippen LogP contribution in [0.1, 0.15) is 11.8 Å². The molecule has 3 aromatic rings. The van der Waals surface area contributed by atoms with Gasteiger partial charge in [0.15, 0.2) is 5.16 Å². The van der Waals surface area contributed by atoms with Crippen LogP contribution in [-0.2, 0) is 4.79 Å². The summed E-state index contributed by atoms with van der Waals surface area (Å²) in [6.45, 7) is 4.45. The molecule has 0 unspecified atom stereocenters. The van der Waals surface area contributed by atoms with Crippen LogP contribution in [0, 0.1) is 6.92 Å². The molecule has 0 saturated heterocycles. The van der Waals surface area contributed by atoms with E-state index in [1.165, 1.54) is 23.1 Å². The average Bonchev–Trinajstić information content (AvgIpc) is 2.96. The van der Waals surface area contributed by atoms with Crippen LogP contribution in [0.5, 0.6) is 5.75 Å². The number of carbonyl (C=O) groups excluding carboxylic acids is 1. The number of hydrogen-bond acceptors (Lipinski definition) is 6. The number of thiophene rings is 1. The third-order valence-electron chi connectivity index (χ3n) is 3.29. The van der Waals surface area contributed by atoms with Gasteiger partial charge in [0, 0.05) is 10.6 Å². The molecule has 0 bridgehead atoms. The molecule has 1 aromatic carbocycles. The van der Waals surface area contributed by atoms with Gasteiger partial charge in [0.2, 0.25) is 5.91 Å². The number of carbonyl (C=O) groups is 1. The minimum Gasteiger partial charge on any atom is -0.494 e. The minimum absolute atomic E-state index is 0.159. The maximum absolute atomic E-state index is 12.1. The first kappa shape index (κ1) is 17.5. The lowest BCUT2D eigenvalue weighted by atomic mass is 10.3. The smallest absolute Gasteiger partial charge is 0.260 e. The molecule has 2 N–H and O–H groups in total. The number of hydrogen-bond donors (Lipinski definition) is 2. The highest BCUT2D eigenvalue weighted by atomic mass is 32.2. The molecular formula is C17H17N3O3S2. The second-order valence-corrected chi connectivity index (χ2v) is 7.44. The van der Waals surface area contributed by atoms with Gasteiger partial charge >= 0.3 is 0 Å². The predicted octanol–water partition coefficient (Wildman–Crippen LogP) is 3.42. The number of aromatic amines is 1. The third kappa shape index (κ3) is 4.40. The Kier molecular flexibility index (Phi) is 5.40. The summed E-state index contributed by atoms with van der Waals surface area (Å²) < 4.78 is 5.36. The summed E-state index contributed by atoms with van der Waals surface area (Å²) >= 11 is 2.67. The van der Waals surface area contributed by atoms with Crippen LogP contribution >= 0.6 is 23.1 Å². The van der Waals surface area contributed by atoms with E-state index in [0.29, 0.717) is 27.7 Å². The highest BCUT2D eigenvalue weighted by Crippen LogP contribution is 2.22. The van der Waals surface area contributed by atoms with Gasteiger partial charge in [0.25, 0.3) is 5.56 Å². The Morgan fingerprint density at radius 3 is 2.84 bits per heavy atom. The Bertz CT molecular complexity index is 948. The number of nitrogens with one attached hydrogen (secondary N) is 2. The number of anilines is 1. The Labute approximate surface area is 152 Å². The van der Waals surface area contributed by atoms with E-state index in [-0.39, 0.29) is 17.2 Å². The van der Waals surface area contributed by atoms with Gasteiger partial charge in [-0.1, -0.05) is 11.8 Å². The zero-order chi connectivity index (χ0) is 17.8. The molecule has 0 aliphatic carbocycles. The van der Waals surface area contributed by atoms with Crippen molar-refractivity contribution in [2.24, 2.45) is 0 Å². The molecule has 0 saturated carbocycles. The van der Waals surface area contributed by atoms with Gasteiger partial charge < -0.3 is 15.0 Å². The van der Waals surface area contributed by atoms with Crippen molar-refractivity contribution in [2.75, 3.05) is 17.7 Å². The number of H-pyrrole nitrogens is 1. The lowest BCUT2D eigenvalue weighted by Gasteiger charge is -2.07. The number of thioether (sulfide) groups is 1. The van der Waals surface area contributed by atoms with E-state index in [1.54, 1.807) is 24.3 Å². The molecule has 130 valence electrons. The summed E-state index contributed by atoms with van der Waals surface area (Å²) in [6.07, 6.45) is 0. The molecule has 3 rings (SSSR count). The number of ether oxygens (including phenoxy) is 1. The average molecular weight is 375 g/mol. The van der Waals surface area contributed by atoms with Gasteiger partial charge in [0.05, 0.1) is 17.7 Å². The Hall–Kier alpha value is -2.32. The van der Waals surface area contributed by atoms with Crippen LogP contribution < -0.4 is 15.6 Å². The molecule has 0 atom stereocenters. The first-order valence-electron chi connectivity index (χ1n) is 7.71. The first-order chi connectivity index (χ1) is 12.0. The van der Waals surface area contributed by atoms with Crippen LogP contribution in [0.3, 0.4) is 0 Å². The summed E-state index contributed by atoms with van der Waals surface area (Å²) in [5.41, 5.74) is 0.517. The monoisotopic (exact) mass is 375 g/mol. The van der Waals surface area contributed by atoms with Gasteiger partial charge in [-0.15, -0.1) is 11.3 Å². The molecule has 8 heteroatoms. The Balaban J connectivity index is 1.61. The van der Waals surface area contributed by atoms with Gasteiger partial charge in [-0.25, -0.2) is 4.98 Å². The van der Waals surface area contributed by atoms with Crippen LogP contribution in [0.25, 0.3) is 10.2 Å². The summed E-state index contributed by atoms with van der Waals surface area (Å²) in [5, 5.41) is 3.84. The SMILES string of the molecule is CCOc1ccc(NC(=O)CSc2nc3sc(C)cc3c(=O)[nH]2)cc1. The Morgan fingerprint density at radius 2 is 2.12 bits per heavy atom. The molecule has 0 fully saturated rings. The molecule has 0 aliphatic rings. The van der Waals surface area contributed by atoms with Crippen molar-refractivity contribution < 1.29 is 9.53 Å². The molecule has 2 aromatic heterocycles. The van der Waals surface area contributed by atoms with Crippen molar-refractivity contribution in [3.8, 4) is 5.75 Å². The van der Waals surface area contributed by atoms with E-state index in [9.17, 15) is 9.59 Å². The minimum atomic E-state index is -0.177. The van der Waals surface area contributed by atoms with Crippen molar-refractivity contribution in [3.05, 3.63) is 45.6 Å².